The Kier molecular flexibility index (Phi) is 4.41. The number of hydrogen-bond donors (Lipinski definition) is 0. The predicted molar refractivity (Wildman–Crippen MR) is 90.1 cm³/mol. The van der Waals surface area contributed by atoms with Crippen LogP contribution in [0.3, 0.4) is 0 Å². The summed E-state index contributed by atoms with van der Waals surface area (Å²) in [6, 6.07) is 6.25. The minimum absolute atomic E-state index is 0.191. The van der Waals surface area contributed by atoms with Crippen LogP contribution in [0.25, 0.3) is 0 Å². The molecule has 0 bridgehead atoms. The lowest BCUT2D eigenvalue weighted by atomic mass is 10.2. The second kappa shape index (κ2) is 6.66. The van der Waals surface area contributed by atoms with Crippen molar-refractivity contribution in [3.63, 3.8) is 0 Å². The number of oxime groups is 1. The van der Waals surface area contributed by atoms with E-state index >= 15 is 0 Å². The Morgan fingerprint density at radius 3 is 2.79 bits per heavy atom. The van der Waals surface area contributed by atoms with Crippen molar-refractivity contribution in [1.82, 2.24) is 4.98 Å². The smallest absolute Gasteiger partial charge is 0.329 e. The number of hydrogen-bond acceptors (Lipinski definition) is 4. The van der Waals surface area contributed by atoms with Crippen LogP contribution in [0.4, 0.5) is 20.6 Å². The van der Waals surface area contributed by atoms with Crippen molar-refractivity contribution in [1.29, 1.82) is 0 Å². The molecule has 2 aromatic rings. The van der Waals surface area contributed by atoms with Crippen molar-refractivity contribution >= 4 is 23.6 Å². The van der Waals surface area contributed by atoms with Crippen LogP contribution >= 0.6 is 0 Å². The Morgan fingerprint density at radius 2 is 2.08 bits per heavy atom. The van der Waals surface area contributed by atoms with Gasteiger partial charge in [-0.1, -0.05) is 5.16 Å². The number of carbonyl (C=O) groups is 1. The van der Waals surface area contributed by atoms with Gasteiger partial charge in [0.15, 0.2) is 0 Å². The van der Waals surface area contributed by atoms with Gasteiger partial charge < -0.3 is 4.84 Å². The fraction of sp³-hybridized carbons (Fsp3) is 0.235. The lowest BCUT2D eigenvalue weighted by molar-refractivity contribution is 0.215. The molecule has 1 aromatic carbocycles. The number of carbonyl (C=O) groups excluding carboxylic acids is 1. The quantitative estimate of drug-likeness (QED) is 0.640. The molecule has 0 saturated carbocycles. The molecule has 1 aliphatic heterocycles. The fourth-order valence-corrected chi connectivity index (χ4v) is 2.64. The molecule has 1 fully saturated rings. The highest BCUT2D eigenvalue weighted by Gasteiger charge is 2.31. The summed E-state index contributed by atoms with van der Waals surface area (Å²) in [5.74, 6) is -0.461. The summed E-state index contributed by atoms with van der Waals surface area (Å²) in [6.45, 7) is 2.94. The third-order valence-corrected chi connectivity index (χ3v) is 3.90. The van der Waals surface area contributed by atoms with Crippen LogP contribution in [0, 0.1) is 12.7 Å². The number of rotatable bonds is 4. The molecule has 124 valence electrons. The summed E-state index contributed by atoms with van der Waals surface area (Å²) in [5, 5.41) is 3.55. The molecule has 1 aromatic heterocycles. The third-order valence-electron chi connectivity index (χ3n) is 3.90. The highest BCUT2D eigenvalue weighted by molar-refractivity contribution is 6.06. The molecule has 0 atom stereocenters. The lowest BCUT2D eigenvalue weighted by Crippen LogP contribution is -2.32. The number of aromatic nitrogens is 1. The van der Waals surface area contributed by atoms with Gasteiger partial charge >= 0.3 is 6.03 Å². The predicted octanol–water partition coefficient (Wildman–Crippen LogP) is 2.96. The van der Waals surface area contributed by atoms with Gasteiger partial charge in [-0.25, -0.2) is 9.18 Å². The maximum absolute atomic E-state index is 14.1. The Labute approximate surface area is 139 Å². The molecule has 24 heavy (non-hydrogen) atoms. The largest absolute Gasteiger partial charge is 0.399 e. The summed E-state index contributed by atoms with van der Waals surface area (Å²) < 4.78 is 14.1. The van der Waals surface area contributed by atoms with E-state index in [1.165, 1.54) is 19.4 Å². The number of anilines is 2. The molecule has 6 nitrogen and oxygen atoms in total. The van der Waals surface area contributed by atoms with E-state index in [0.717, 1.165) is 11.3 Å². The Bertz CT molecular complexity index is 794. The van der Waals surface area contributed by atoms with E-state index in [4.69, 9.17) is 0 Å². The van der Waals surface area contributed by atoms with E-state index in [0.29, 0.717) is 24.3 Å². The zero-order valence-electron chi connectivity index (χ0n) is 13.4. The first kappa shape index (κ1) is 15.9. The lowest BCUT2D eigenvalue weighted by Gasteiger charge is -2.20. The summed E-state index contributed by atoms with van der Waals surface area (Å²) in [5.41, 5.74) is 2.55. The second-order valence-electron chi connectivity index (χ2n) is 5.37. The maximum atomic E-state index is 14.1. The SMILES string of the molecule is CON=Cc1ccc(N2CCN(c3cnccc3C)C2=O)cc1F. The van der Waals surface area contributed by atoms with Gasteiger partial charge in [-0.15, -0.1) is 0 Å². The molecule has 2 amide bonds. The van der Waals surface area contributed by atoms with Gasteiger partial charge in [0, 0.05) is 30.5 Å². The van der Waals surface area contributed by atoms with Crippen molar-refractivity contribution in [2.75, 3.05) is 30.0 Å². The highest BCUT2D eigenvalue weighted by atomic mass is 19.1. The third kappa shape index (κ3) is 2.92. The second-order valence-corrected chi connectivity index (χ2v) is 5.37. The zero-order chi connectivity index (χ0) is 17.1. The highest BCUT2D eigenvalue weighted by Crippen LogP contribution is 2.27. The van der Waals surface area contributed by atoms with E-state index < -0.39 is 5.82 Å². The van der Waals surface area contributed by atoms with Crippen molar-refractivity contribution in [2.45, 2.75) is 6.92 Å². The zero-order valence-corrected chi connectivity index (χ0v) is 13.4. The normalized spacial score (nSPS) is 14.7. The van der Waals surface area contributed by atoms with E-state index in [2.05, 4.69) is 15.0 Å². The molecule has 0 aliphatic carbocycles. The van der Waals surface area contributed by atoms with Gasteiger partial charge in [0.05, 0.1) is 18.1 Å². The number of benzene rings is 1. The van der Waals surface area contributed by atoms with Crippen LogP contribution in [0.5, 0.6) is 0 Å². The molecular formula is C17H17FN4O2. The first-order valence-electron chi connectivity index (χ1n) is 7.47. The number of urea groups is 1. The molecule has 1 saturated heterocycles. The first-order chi connectivity index (χ1) is 11.6. The Balaban J connectivity index is 1.84. The molecule has 3 rings (SSSR count). The Morgan fingerprint density at radius 1 is 1.29 bits per heavy atom. The molecule has 1 aliphatic rings. The van der Waals surface area contributed by atoms with Crippen molar-refractivity contribution in [3.05, 3.63) is 53.6 Å². The summed E-state index contributed by atoms with van der Waals surface area (Å²) in [7, 11) is 1.39. The minimum atomic E-state index is -0.461. The van der Waals surface area contributed by atoms with E-state index in [9.17, 15) is 9.18 Å². The van der Waals surface area contributed by atoms with E-state index in [1.54, 1.807) is 34.3 Å². The van der Waals surface area contributed by atoms with Crippen LogP contribution in [-0.4, -0.2) is 37.4 Å². The molecule has 2 heterocycles. The van der Waals surface area contributed by atoms with Crippen LogP contribution in [0.15, 0.2) is 41.8 Å². The van der Waals surface area contributed by atoms with Gasteiger partial charge in [-0.2, -0.15) is 0 Å². The summed E-state index contributed by atoms with van der Waals surface area (Å²) in [4.78, 5) is 24.5. The first-order valence-corrected chi connectivity index (χ1v) is 7.47. The molecule has 0 spiro atoms. The van der Waals surface area contributed by atoms with Gasteiger partial charge in [0.25, 0.3) is 0 Å². The van der Waals surface area contributed by atoms with Gasteiger partial charge in [0.1, 0.15) is 12.9 Å². The number of nitrogens with zero attached hydrogens (tertiary/aromatic N) is 4. The average molecular weight is 328 g/mol. The monoisotopic (exact) mass is 328 g/mol. The van der Waals surface area contributed by atoms with Crippen molar-refractivity contribution in [3.8, 4) is 0 Å². The number of halogens is 1. The topological polar surface area (TPSA) is 58.0 Å². The van der Waals surface area contributed by atoms with Crippen LogP contribution in [0.2, 0.25) is 0 Å². The number of aryl methyl sites for hydroxylation is 1. The minimum Gasteiger partial charge on any atom is -0.399 e. The standard InChI is InChI=1S/C17H17FN4O2/c1-12-5-6-19-11-16(12)22-8-7-21(17(22)23)14-4-3-13(10-20-24-2)15(18)9-14/h3-6,9-11H,7-8H2,1-2H3. The molecule has 7 heteroatoms. The number of pyridine rings is 1. The van der Waals surface area contributed by atoms with Crippen LogP contribution in [-0.2, 0) is 4.84 Å². The summed E-state index contributed by atoms with van der Waals surface area (Å²) in [6.07, 6.45) is 4.64. The van der Waals surface area contributed by atoms with E-state index in [1.807, 2.05) is 13.0 Å². The van der Waals surface area contributed by atoms with Gasteiger partial charge in [-0.05, 0) is 36.8 Å². The summed E-state index contributed by atoms with van der Waals surface area (Å²) >= 11 is 0. The molecular weight excluding hydrogens is 311 g/mol. The van der Waals surface area contributed by atoms with Crippen LogP contribution in [0.1, 0.15) is 11.1 Å². The fourth-order valence-electron chi connectivity index (χ4n) is 2.64. The van der Waals surface area contributed by atoms with E-state index in [-0.39, 0.29) is 6.03 Å². The maximum Gasteiger partial charge on any atom is 0.329 e. The van der Waals surface area contributed by atoms with Gasteiger partial charge in [-0.3, -0.25) is 14.8 Å². The van der Waals surface area contributed by atoms with Crippen molar-refractivity contribution < 1.29 is 14.0 Å². The van der Waals surface area contributed by atoms with Crippen molar-refractivity contribution in [2.24, 2.45) is 5.16 Å². The van der Waals surface area contributed by atoms with Crippen LogP contribution < -0.4 is 9.80 Å². The molecule has 0 unspecified atom stereocenters. The molecule has 0 radical (unpaired) electrons. The average Bonchev–Trinajstić information content (AvgIpc) is 2.95. The van der Waals surface area contributed by atoms with Gasteiger partial charge in [0.2, 0.25) is 0 Å². The number of amides is 2. The molecule has 0 N–H and O–H groups in total. The Hall–Kier alpha value is -2.96.